The highest BCUT2D eigenvalue weighted by atomic mass is 32.2. The van der Waals surface area contributed by atoms with Gasteiger partial charge in [-0.1, -0.05) is 17.8 Å². The summed E-state index contributed by atoms with van der Waals surface area (Å²) >= 11 is 1.03. The number of carbonyl (C=O) groups is 1. The number of hydrogen-bond acceptors (Lipinski definition) is 5. The maximum atomic E-state index is 12.8. The van der Waals surface area contributed by atoms with Crippen molar-refractivity contribution >= 4 is 17.7 Å². The second-order valence-corrected chi connectivity index (χ2v) is 6.94. The maximum absolute atomic E-state index is 12.8. The Kier molecular flexibility index (Phi) is 5.01. The number of halogens is 3. The summed E-state index contributed by atoms with van der Waals surface area (Å²) in [5.41, 5.74) is 4.19. The summed E-state index contributed by atoms with van der Waals surface area (Å²) in [6.45, 7) is 1.99. The van der Waals surface area contributed by atoms with Crippen molar-refractivity contribution in [3.63, 3.8) is 0 Å². The highest BCUT2D eigenvalue weighted by Gasteiger charge is 2.36. The molecule has 0 bridgehead atoms. The molecule has 2 aromatic heterocycles. The van der Waals surface area contributed by atoms with E-state index >= 15 is 0 Å². The van der Waals surface area contributed by atoms with Crippen LogP contribution in [0.15, 0.2) is 58.3 Å². The molecular weight excluding hydrogens is 381 g/mol. The molecule has 0 aromatic carbocycles. The number of carbonyl (C=O) groups excluding carboxylic acids is 1. The van der Waals surface area contributed by atoms with E-state index in [4.69, 9.17) is 5.73 Å². The van der Waals surface area contributed by atoms with Gasteiger partial charge in [0.15, 0.2) is 5.50 Å². The largest absolute Gasteiger partial charge is 0.416 e. The molecule has 0 radical (unpaired) electrons. The van der Waals surface area contributed by atoms with Gasteiger partial charge in [-0.25, -0.2) is 0 Å². The number of nitrogens with two attached hydrogens (primary N) is 1. The molecule has 3 heterocycles. The molecule has 0 saturated heterocycles. The highest BCUT2D eigenvalue weighted by molar-refractivity contribution is 8.04. The lowest BCUT2D eigenvalue weighted by atomic mass is 10.2. The number of pyridine rings is 2. The Balaban J connectivity index is 2.00. The molecule has 1 unspecified atom stereocenters. The van der Waals surface area contributed by atoms with Crippen LogP contribution in [-0.4, -0.2) is 20.4 Å². The Labute approximate surface area is 156 Å². The SMILES string of the molecule is CC1=C(C(N)=O)SC(n2ccc(C(F)(F)F)cc2=O)N1Cc1cccnc1. The molecule has 0 saturated carbocycles. The van der Waals surface area contributed by atoms with Crippen LogP contribution >= 0.6 is 11.8 Å². The van der Waals surface area contributed by atoms with Crippen LogP contribution in [0.5, 0.6) is 0 Å². The van der Waals surface area contributed by atoms with E-state index in [9.17, 15) is 22.8 Å². The lowest BCUT2D eigenvalue weighted by molar-refractivity contribution is -0.137. The van der Waals surface area contributed by atoms with Gasteiger partial charge >= 0.3 is 6.18 Å². The second-order valence-electron chi connectivity index (χ2n) is 5.87. The number of primary amides is 1. The number of aromatic nitrogens is 2. The van der Waals surface area contributed by atoms with Gasteiger partial charge in [0.25, 0.3) is 11.5 Å². The van der Waals surface area contributed by atoms with E-state index in [1.54, 1.807) is 30.3 Å². The number of alkyl halides is 3. The third kappa shape index (κ3) is 3.85. The van der Waals surface area contributed by atoms with E-state index in [-0.39, 0.29) is 4.91 Å². The molecule has 10 heteroatoms. The average Bonchev–Trinajstić information content (AvgIpc) is 2.92. The molecule has 0 fully saturated rings. The first-order valence-corrected chi connectivity index (χ1v) is 8.68. The molecule has 0 aliphatic carbocycles. The summed E-state index contributed by atoms with van der Waals surface area (Å²) in [6.07, 6.45) is -0.288. The van der Waals surface area contributed by atoms with Crippen molar-refractivity contribution < 1.29 is 18.0 Å². The molecule has 1 aliphatic rings. The monoisotopic (exact) mass is 396 g/mol. The zero-order chi connectivity index (χ0) is 19.8. The first-order chi connectivity index (χ1) is 12.7. The van der Waals surface area contributed by atoms with Gasteiger partial charge in [0.1, 0.15) is 0 Å². The molecule has 6 nitrogen and oxygen atoms in total. The van der Waals surface area contributed by atoms with Crippen molar-refractivity contribution in [1.29, 1.82) is 0 Å². The molecular formula is C17H15F3N4O2S. The van der Waals surface area contributed by atoms with E-state index in [0.717, 1.165) is 34.2 Å². The maximum Gasteiger partial charge on any atom is 0.416 e. The van der Waals surface area contributed by atoms with E-state index in [1.165, 1.54) is 0 Å². The smallest absolute Gasteiger partial charge is 0.365 e. The number of nitrogens with zero attached hydrogens (tertiary/aromatic N) is 3. The minimum Gasteiger partial charge on any atom is -0.365 e. The Hall–Kier alpha value is -2.75. The Morgan fingerprint density at radius 3 is 2.67 bits per heavy atom. The number of allylic oxidation sites excluding steroid dienone is 1. The molecule has 1 atom stereocenters. The van der Waals surface area contributed by atoms with Crippen molar-refractivity contribution in [1.82, 2.24) is 14.5 Å². The van der Waals surface area contributed by atoms with Crippen molar-refractivity contribution in [3.8, 4) is 0 Å². The summed E-state index contributed by atoms with van der Waals surface area (Å²) in [7, 11) is 0. The van der Waals surface area contributed by atoms with E-state index < -0.39 is 28.7 Å². The van der Waals surface area contributed by atoms with Crippen LogP contribution < -0.4 is 11.3 Å². The molecule has 1 amide bonds. The number of amides is 1. The number of thioether (sulfide) groups is 1. The van der Waals surface area contributed by atoms with Crippen molar-refractivity contribution in [2.45, 2.75) is 25.1 Å². The fraction of sp³-hybridized carbons (Fsp3) is 0.235. The van der Waals surface area contributed by atoms with Gasteiger partial charge in [-0.2, -0.15) is 13.2 Å². The van der Waals surface area contributed by atoms with Gasteiger partial charge in [0.05, 0.1) is 10.5 Å². The van der Waals surface area contributed by atoms with Gasteiger partial charge in [-0.15, -0.1) is 0 Å². The molecule has 1 aliphatic heterocycles. The van der Waals surface area contributed by atoms with Crippen LogP contribution in [0.2, 0.25) is 0 Å². The van der Waals surface area contributed by atoms with Gasteiger partial charge in [-0.3, -0.25) is 19.1 Å². The minimum atomic E-state index is -4.61. The third-order valence-corrected chi connectivity index (χ3v) is 5.49. The van der Waals surface area contributed by atoms with E-state index in [0.29, 0.717) is 18.3 Å². The fourth-order valence-corrected chi connectivity index (χ4v) is 3.99. The number of hydrogen-bond donors (Lipinski definition) is 1. The van der Waals surface area contributed by atoms with Gasteiger partial charge in [0.2, 0.25) is 0 Å². The van der Waals surface area contributed by atoms with Crippen molar-refractivity contribution in [2.75, 3.05) is 0 Å². The Morgan fingerprint density at radius 2 is 2.11 bits per heavy atom. The average molecular weight is 396 g/mol. The highest BCUT2D eigenvalue weighted by Crippen LogP contribution is 2.44. The first kappa shape index (κ1) is 19.0. The van der Waals surface area contributed by atoms with E-state index in [2.05, 4.69) is 4.98 Å². The van der Waals surface area contributed by atoms with E-state index in [1.807, 2.05) is 6.07 Å². The Bertz CT molecular complexity index is 957. The van der Waals surface area contributed by atoms with Gasteiger partial charge < -0.3 is 10.6 Å². The number of rotatable bonds is 4. The summed E-state index contributed by atoms with van der Waals surface area (Å²) in [4.78, 5) is 30.1. The minimum absolute atomic E-state index is 0.260. The van der Waals surface area contributed by atoms with Crippen LogP contribution in [-0.2, 0) is 17.5 Å². The summed E-state index contributed by atoms with van der Waals surface area (Å²) in [5, 5.41) is 0. The molecule has 27 heavy (non-hydrogen) atoms. The standard InChI is InChI=1S/C17H15F3N4O2S/c1-10-14(15(21)26)27-16(24(10)9-11-3-2-5-22-8-11)23-6-4-12(7-13(23)25)17(18,19)20/h2-8,16H,9H2,1H3,(H2,21,26). The van der Waals surface area contributed by atoms with Crippen molar-refractivity contribution in [2.24, 2.45) is 5.73 Å². The lowest BCUT2D eigenvalue weighted by Gasteiger charge is -2.29. The molecule has 0 spiro atoms. The first-order valence-electron chi connectivity index (χ1n) is 7.81. The van der Waals surface area contributed by atoms with Crippen LogP contribution in [0.3, 0.4) is 0 Å². The summed E-state index contributed by atoms with van der Waals surface area (Å²) in [5.74, 6) is -0.656. The predicted molar refractivity (Wildman–Crippen MR) is 94.0 cm³/mol. The topological polar surface area (TPSA) is 81.2 Å². The molecule has 3 rings (SSSR count). The Morgan fingerprint density at radius 1 is 1.37 bits per heavy atom. The molecule has 2 N–H and O–H groups in total. The predicted octanol–water partition coefficient (Wildman–Crippen LogP) is 2.68. The lowest BCUT2D eigenvalue weighted by Crippen LogP contribution is -2.32. The quantitative estimate of drug-likeness (QED) is 0.860. The third-order valence-electron chi connectivity index (χ3n) is 4.06. The normalized spacial score (nSPS) is 17.5. The van der Waals surface area contributed by atoms with Gasteiger partial charge in [-0.05, 0) is 24.6 Å². The van der Waals surface area contributed by atoms with Gasteiger partial charge in [0, 0.05) is 36.9 Å². The summed E-state index contributed by atoms with van der Waals surface area (Å²) < 4.78 is 39.6. The van der Waals surface area contributed by atoms with Crippen LogP contribution in [0.1, 0.15) is 23.5 Å². The zero-order valence-corrected chi connectivity index (χ0v) is 14.9. The molecule has 142 valence electrons. The zero-order valence-electron chi connectivity index (χ0n) is 14.1. The fourth-order valence-electron chi connectivity index (χ4n) is 2.73. The summed E-state index contributed by atoms with van der Waals surface area (Å²) in [6, 6.07) is 4.94. The molecule has 2 aromatic rings. The van der Waals surface area contributed by atoms with Crippen LogP contribution in [0, 0.1) is 0 Å². The second kappa shape index (κ2) is 7.10. The van der Waals surface area contributed by atoms with Crippen LogP contribution in [0.4, 0.5) is 13.2 Å². The van der Waals surface area contributed by atoms with Crippen LogP contribution in [0.25, 0.3) is 0 Å². The van der Waals surface area contributed by atoms with Crippen molar-refractivity contribution in [3.05, 3.63) is 74.9 Å².